The van der Waals surface area contributed by atoms with Gasteiger partial charge in [0.05, 0.1) is 12.7 Å². The van der Waals surface area contributed by atoms with E-state index in [0.717, 1.165) is 21.9 Å². The second kappa shape index (κ2) is 5.35. The molecule has 2 aromatic rings. The summed E-state index contributed by atoms with van der Waals surface area (Å²) < 4.78 is 5.74. The quantitative estimate of drug-likeness (QED) is 0.915. The molecule has 1 aromatic heterocycles. The molecule has 19 heavy (non-hydrogen) atoms. The van der Waals surface area contributed by atoms with E-state index in [1.54, 1.807) is 6.20 Å². The molecule has 0 saturated carbocycles. The van der Waals surface area contributed by atoms with E-state index in [0.29, 0.717) is 12.4 Å². The van der Waals surface area contributed by atoms with Crippen LogP contribution < -0.4 is 5.32 Å². The first-order valence-electron chi connectivity index (χ1n) is 6.31. The van der Waals surface area contributed by atoms with Crippen LogP contribution in [0.15, 0.2) is 28.8 Å². The second-order valence-corrected chi connectivity index (χ2v) is 6.09. The molecule has 0 spiro atoms. The first-order valence-corrected chi connectivity index (χ1v) is 6.69. The number of hydrogen-bond acceptors (Lipinski definition) is 3. The van der Waals surface area contributed by atoms with Crippen molar-refractivity contribution in [3.63, 3.8) is 0 Å². The minimum absolute atomic E-state index is 0.0471. The molecule has 0 bridgehead atoms. The molecule has 0 unspecified atom stereocenters. The van der Waals surface area contributed by atoms with Crippen molar-refractivity contribution in [2.75, 3.05) is 0 Å². The summed E-state index contributed by atoms with van der Waals surface area (Å²) in [5.41, 5.74) is 2.08. The van der Waals surface area contributed by atoms with Gasteiger partial charge in [0, 0.05) is 16.1 Å². The van der Waals surface area contributed by atoms with Crippen LogP contribution in [0.5, 0.6) is 0 Å². The molecule has 0 fully saturated rings. The molecule has 3 nitrogen and oxygen atoms in total. The van der Waals surface area contributed by atoms with Gasteiger partial charge in [-0.3, -0.25) is 0 Å². The average molecular weight is 279 g/mol. The molecular formula is C15H19ClN2O. The molecule has 0 aliphatic rings. The summed E-state index contributed by atoms with van der Waals surface area (Å²) >= 11 is 6.02. The molecule has 102 valence electrons. The number of rotatable bonds is 3. The summed E-state index contributed by atoms with van der Waals surface area (Å²) in [7, 11) is 0. The van der Waals surface area contributed by atoms with E-state index in [9.17, 15) is 0 Å². The lowest BCUT2D eigenvalue weighted by Crippen LogP contribution is -2.35. The summed E-state index contributed by atoms with van der Waals surface area (Å²) in [6.45, 7) is 8.93. The number of aryl methyl sites for hydroxylation is 1. The normalized spacial score (nSPS) is 11.8. The smallest absolute Gasteiger partial charge is 0.208 e. The summed E-state index contributed by atoms with van der Waals surface area (Å²) in [4.78, 5) is 4.29. The molecule has 0 aliphatic heterocycles. The largest absolute Gasteiger partial charge is 0.439 e. The molecule has 0 radical (unpaired) electrons. The van der Waals surface area contributed by atoms with Gasteiger partial charge in [0.2, 0.25) is 5.89 Å². The highest BCUT2D eigenvalue weighted by atomic mass is 35.5. The van der Waals surface area contributed by atoms with Gasteiger partial charge >= 0.3 is 0 Å². The van der Waals surface area contributed by atoms with Gasteiger partial charge < -0.3 is 9.73 Å². The van der Waals surface area contributed by atoms with E-state index in [-0.39, 0.29) is 5.54 Å². The van der Waals surface area contributed by atoms with E-state index in [4.69, 9.17) is 16.0 Å². The van der Waals surface area contributed by atoms with Gasteiger partial charge in [0.15, 0.2) is 5.76 Å². The van der Waals surface area contributed by atoms with Crippen LogP contribution in [0, 0.1) is 6.92 Å². The molecule has 4 heteroatoms. The average Bonchev–Trinajstić information content (AvgIpc) is 2.78. The van der Waals surface area contributed by atoms with Crippen LogP contribution in [0.25, 0.3) is 11.3 Å². The highest BCUT2D eigenvalue weighted by Crippen LogP contribution is 2.25. The molecule has 2 rings (SSSR count). The van der Waals surface area contributed by atoms with E-state index in [2.05, 4.69) is 31.1 Å². The third-order valence-corrected chi connectivity index (χ3v) is 3.19. The molecule has 1 N–H and O–H groups in total. The Bertz CT molecular complexity index is 570. The van der Waals surface area contributed by atoms with Crippen LogP contribution in [-0.2, 0) is 6.54 Å². The van der Waals surface area contributed by atoms with Crippen molar-refractivity contribution in [2.24, 2.45) is 0 Å². The molecule has 0 atom stereocenters. The summed E-state index contributed by atoms with van der Waals surface area (Å²) in [5.74, 6) is 1.46. The lowest BCUT2D eigenvalue weighted by atomic mass is 10.1. The lowest BCUT2D eigenvalue weighted by Gasteiger charge is -2.18. The molecular weight excluding hydrogens is 260 g/mol. The Balaban J connectivity index is 2.14. The Morgan fingerprint density at radius 2 is 2.05 bits per heavy atom. The van der Waals surface area contributed by atoms with Crippen LogP contribution in [0.4, 0.5) is 0 Å². The van der Waals surface area contributed by atoms with Crippen molar-refractivity contribution in [1.29, 1.82) is 0 Å². The monoisotopic (exact) mass is 278 g/mol. The van der Waals surface area contributed by atoms with Gasteiger partial charge in [-0.1, -0.05) is 11.6 Å². The number of benzene rings is 1. The van der Waals surface area contributed by atoms with Crippen molar-refractivity contribution >= 4 is 11.6 Å². The molecule has 0 aliphatic carbocycles. The van der Waals surface area contributed by atoms with Crippen molar-refractivity contribution in [3.05, 3.63) is 40.9 Å². The third kappa shape index (κ3) is 3.82. The fourth-order valence-corrected chi connectivity index (χ4v) is 1.78. The number of nitrogens with one attached hydrogen (secondary N) is 1. The fraction of sp³-hybridized carbons (Fsp3) is 0.400. The Labute approximate surface area is 119 Å². The lowest BCUT2D eigenvalue weighted by molar-refractivity contribution is 0.383. The Kier molecular flexibility index (Phi) is 3.97. The number of aromatic nitrogens is 1. The standard InChI is InChI=1S/C15H19ClN2O/c1-10-7-11(5-6-12(10)16)13-8-17-14(19-13)9-18-15(2,3)4/h5-8,18H,9H2,1-4H3. The summed E-state index contributed by atoms with van der Waals surface area (Å²) in [5, 5.41) is 4.11. The minimum Gasteiger partial charge on any atom is -0.439 e. The molecule has 0 saturated heterocycles. The van der Waals surface area contributed by atoms with Crippen molar-refractivity contribution < 1.29 is 4.42 Å². The van der Waals surface area contributed by atoms with Crippen LogP contribution in [0.2, 0.25) is 5.02 Å². The van der Waals surface area contributed by atoms with E-state index < -0.39 is 0 Å². The maximum absolute atomic E-state index is 6.02. The van der Waals surface area contributed by atoms with Crippen molar-refractivity contribution in [2.45, 2.75) is 39.8 Å². The van der Waals surface area contributed by atoms with Gasteiger partial charge in [-0.25, -0.2) is 4.98 Å². The first-order chi connectivity index (χ1) is 8.85. The van der Waals surface area contributed by atoms with Gasteiger partial charge in [0.1, 0.15) is 0 Å². The van der Waals surface area contributed by atoms with Crippen LogP contribution in [0.1, 0.15) is 32.2 Å². The predicted octanol–water partition coefficient (Wildman–Crippen LogP) is 4.19. The van der Waals surface area contributed by atoms with Gasteiger partial charge in [-0.05, 0) is 51.5 Å². The van der Waals surface area contributed by atoms with Crippen LogP contribution >= 0.6 is 11.6 Å². The van der Waals surface area contributed by atoms with Gasteiger partial charge in [-0.2, -0.15) is 0 Å². The predicted molar refractivity (Wildman–Crippen MR) is 78.3 cm³/mol. The Morgan fingerprint density at radius 3 is 2.68 bits per heavy atom. The maximum Gasteiger partial charge on any atom is 0.208 e. The third-order valence-electron chi connectivity index (χ3n) is 2.77. The SMILES string of the molecule is Cc1cc(-c2cnc(CNC(C)(C)C)o2)ccc1Cl. The van der Waals surface area contributed by atoms with Crippen LogP contribution in [0.3, 0.4) is 0 Å². The van der Waals surface area contributed by atoms with E-state index in [1.807, 2.05) is 25.1 Å². The highest BCUT2D eigenvalue weighted by Gasteiger charge is 2.12. The van der Waals surface area contributed by atoms with Crippen molar-refractivity contribution in [3.8, 4) is 11.3 Å². The number of nitrogens with zero attached hydrogens (tertiary/aromatic N) is 1. The number of halogens is 1. The summed E-state index contributed by atoms with van der Waals surface area (Å²) in [6.07, 6.45) is 1.75. The molecule has 1 aromatic carbocycles. The zero-order valence-corrected chi connectivity index (χ0v) is 12.5. The highest BCUT2D eigenvalue weighted by molar-refractivity contribution is 6.31. The molecule has 0 amide bonds. The van der Waals surface area contributed by atoms with Gasteiger partial charge in [0.25, 0.3) is 0 Å². The van der Waals surface area contributed by atoms with E-state index in [1.165, 1.54) is 0 Å². The maximum atomic E-state index is 6.02. The number of oxazole rings is 1. The Morgan fingerprint density at radius 1 is 1.32 bits per heavy atom. The van der Waals surface area contributed by atoms with Crippen LogP contribution in [-0.4, -0.2) is 10.5 Å². The Hall–Kier alpha value is -1.32. The van der Waals surface area contributed by atoms with E-state index >= 15 is 0 Å². The second-order valence-electron chi connectivity index (χ2n) is 5.69. The molecule has 1 heterocycles. The topological polar surface area (TPSA) is 38.1 Å². The summed E-state index contributed by atoms with van der Waals surface area (Å²) in [6, 6.07) is 5.82. The zero-order chi connectivity index (χ0) is 14.0. The minimum atomic E-state index is 0.0471. The number of hydrogen-bond donors (Lipinski definition) is 1. The fourth-order valence-electron chi connectivity index (χ4n) is 1.66. The van der Waals surface area contributed by atoms with Gasteiger partial charge in [-0.15, -0.1) is 0 Å². The first kappa shape index (κ1) is 14.1. The zero-order valence-electron chi connectivity index (χ0n) is 11.7. The van der Waals surface area contributed by atoms with Crippen molar-refractivity contribution in [1.82, 2.24) is 10.3 Å².